The van der Waals surface area contributed by atoms with Crippen LogP contribution in [0.3, 0.4) is 0 Å². The second-order valence-electron chi connectivity index (χ2n) is 12.4. The Hall–Kier alpha value is -6.36. The third kappa shape index (κ3) is 13.3. The number of nitrogens with two attached hydrogens (primary N) is 1. The van der Waals surface area contributed by atoms with Crippen LogP contribution in [0.25, 0.3) is 0 Å². The first-order valence-electron chi connectivity index (χ1n) is 17.3. The number of para-hydroxylation sites is 2. The maximum absolute atomic E-state index is 13.4. The second kappa shape index (κ2) is 21.2. The maximum atomic E-state index is 13.4. The molecule has 3 aromatic carbocycles. The van der Waals surface area contributed by atoms with Gasteiger partial charge < -0.3 is 57.9 Å². The number of carboxylic acid groups (broad SMARTS) is 1. The van der Waals surface area contributed by atoms with Crippen molar-refractivity contribution >= 4 is 35.5 Å². The number of nitrogens with one attached hydrogen (secondary N) is 5. The highest BCUT2D eigenvalue weighted by Crippen LogP contribution is 2.28. The average molecular weight is 751 g/mol. The summed E-state index contributed by atoms with van der Waals surface area (Å²) in [5.74, 6) is -6.63. The number of hydrogen-bond donors (Lipinski definition) is 11. The van der Waals surface area contributed by atoms with Crippen LogP contribution in [0, 0.1) is 0 Å². The highest BCUT2D eigenvalue weighted by atomic mass is 16.4. The van der Waals surface area contributed by atoms with Gasteiger partial charge in [-0.3, -0.25) is 24.0 Å². The Labute approximate surface area is 311 Å². The van der Waals surface area contributed by atoms with Crippen molar-refractivity contribution in [3.8, 4) is 23.0 Å². The lowest BCUT2D eigenvalue weighted by Gasteiger charge is -2.23. The van der Waals surface area contributed by atoms with E-state index in [4.69, 9.17) is 5.73 Å². The molecule has 0 spiro atoms. The Balaban J connectivity index is 1.49. The molecule has 17 nitrogen and oxygen atoms in total. The summed E-state index contributed by atoms with van der Waals surface area (Å²) >= 11 is 0. The normalized spacial score (nSPS) is 12.4. The van der Waals surface area contributed by atoms with Crippen LogP contribution in [-0.2, 0) is 25.6 Å². The van der Waals surface area contributed by atoms with Gasteiger partial charge in [0.05, 0.1) is 23.7 Å². The maximum Gasteiger partial charge on any atom is 0.326 e. The summed E-state index contributed by atoms with van der Waals surface area (Å²) in [7, 11) is 0. The lowest BCUT2D eigenvalue weighted by atomic mass is 10.0. The lowest BCUT2D eigenvalue weighted by Crippen LogP contribution is -2.54. The number of aliphatic carboxylic acids is 1. The molecule has 0 unspecified atom stereocenters. The molecule has 0 bridgehead atoms. The monoisotopic (exact) mass is 750 g/mol. The Bertz CT molecular complexity index is 1770. The molecule has 5 amide bonds. The van der Waals surface area contributed by atoms with Crippen molar-refractivity contribution in [1.82, 2.24) is 26.6 Å². The van der Waals surface area contributed by atoms with Gasteiger partial charge in [0.2, 0.25) is 17.7 Å². The lowest BCUT2D eigenvalue weighted by molar-refractivity contribution is -0.142. The molecule has 17 heteroatoms. The number of hydrogen-bond acceptors (Lipinski definition) is 11. The second-order valence-corrected chi connectivity index (χ2v) is 12.4. The standard InChI is InChI=1S/C37H46N6O11/c38-25(14-4-6-18-39-30(46)21-41-34(50)24-13-9-17-29(45)32(24)48)35(51)42-26(36(52)43-27(37(53)54)20-22-10-2-1-3-11-22)15-5-7-19-40-33(49)23-12-8-16-28(44)31(23)47/h1-3,8-13,16-17,25-27,44-45,47-48H,4-7,14-15,18-21,38H2,(H,39,46)(H,40,49)(H,41,50)(H,42,51)(H,43,52)(H,53,54)/t25-,26+,27+/m1/s1. The Morgan fingerprint density at radius 3 is 1.72 bits per heavy atom. The molecule has 0 aliphatic heterocycles. The van der Waals surface area contributed by atoms with Crippen LogP contribution < -0.4 is 32.3 Å². The van der Waals surface area contributed by atoms with E-state index < -0.39 is 76.6 Å². The molecule has 3 aromatic rings. The summed E-state index contributed by atoms with van der Waals surface area (Å²) in [6.07, 6.45) is 1.74. The molecule has 0 saturated heterocycles. The smallest absolute Gasteiger partial charge is 0.326 e. The molecule has 0 aromatic heterocycles. The molecule has 0 heterocycles. The first-order valence-corrected chi connectivity index (χ1v) is 17.3. The van der Waals surface area contributed by atoms with E-state index in [9.17, 15) is 54.3 Å². The summed E-state index contributed by atoms with van der Waals surface area (Å²) < 4.78 is 0. The molecule has 54 heavy (non-hydrogen) atoms. The van der Waals surface area contributed by atoms with E-state index >= 15 is 0 Å². The van der Waals surface area contributed by atoms with Gasteiger partial charge in [-0.05, 0) is 68.4 Å². The Kier molecular flexibility index (Phi) is 16.5. The zero-order chi connectivity index (χ0) is 39.6. The Morgan fingerprint density at radius 2 is 1.13 bits per heavy atom. The van der Waals surface area contributed by atoms with Gasteiger partial charge in [-0.15, -0.1) is 0 Å². The zero-order valence-corrected chi connectivity index (χ0v) is 29.4. The zero-order valence-electron chi connectivity index (χ0n) is 29.4. The number of aromatic hydroxyl groups is 4. The SMILES string of the molecule is N[C@H](CCCCNC(=O)CNC(=O)c1cccc(O)c1O)C(=O)N[C@@H](CCCCNC(=O)c1cccc(O)c1O)C(=O)N[C@@H](Cc1ccccc1)C(=O)O. The molecule has 0 aliphatic rings. The quantitative estimate of drug-likeness (QED) is 0.0531. The van der Waals surface area contributed by atoms with E-state index in [2.05, 4.69) is 26.6 Å². The fraction of sp³-hybridized carbons (Fsp3) is 0.351. The molecule has 3 atom stereocenters. The van der Waals surface area contributed by atoms with Crippen LogP contribution in [-0.4, -0.2) is 98.8 Å². The summed E-state index contributed by atoms with van der Waals surface area (Å²) in [6, 6.07) is 13.0. The predicted molar refractivity (Wildman–Crippen MR) is 195 cm³/mol. The fourth-order valence-electron chi connectivity index (χ4n) is 5.24. The first kappa shape index (κ1) is 42.1. The number of phenolic OH excluding ortho intramolecular Hbond substituents is 4. The highest BCUT2D eigenvalue weighted by Gasteiger charge is 2.28. The number of carbonyl (C=O) groups is 6. The first-order chi connectivity index (χ1) is 25.8. The van der Waals surface area contributed by atoms with Gasteiger partial charge in [0.1, 0.15) is 12.1 Å². The minimum absolute atomic E-state index is 0.0000899. The highest BCUT2D eigenvalue weighted by molar-refractivity contribution is 5.99. The van der Waals surface area contributed by atoms with Crippen molar-refractivity contribution in [1.29, 1.82) is 0 Å². The molecule has 3 rings (SSSR count). The van der Waals surface area contributed by atoms with Gasteiger partial charge in [-0.1, -0.05) is 42.5 Å². The third-order valence-corrected chi connectivity index (χ3v) is 8.26. The minimum atomic E-state index is -1.29. The molecular formula is C37H46N6O11. The van der Waals surface area contributed by atoms with E-state index in [1.165, 1.54) is 36.4 Å². The third-order valence-electron chi connectivity index (χ3n) is 8.26. The molecule has 12 N–H and O–H groups in total. The van der Waals surface area contributed by atoms with Crippen LogP contribution >= 0.6 is 0 Å². The van der Waals surface area contributed by atoms with E-state index in [-0.39, 0.29) is 50.0 Å². The molecule has 290 valence electrons. The average Bonchev–Trinajstić information content (AvgIpc) is 3.15. The number of benzene rings is 3. The van der Waals surface area contributed by atoms with Gasteiger partial charge in [-0.2, -0.15) is 0 Å². The van der Waals surface area contributed by atoms with Crippen molar-refractivity contribution < 1.29 is 54.3 Å². The van der Waals surface area contributed by atoms with Crippen LogP contribution in [0.1, 0.15) is 64.8 Å². The minimum Gasteiger partial charge on any atom is -0.504 e. The van der Waals surface area contributed by atoms with E-state index in [0.29, 0.717) is 31.2 Å². The summed E-state index contributed by atoms with van der Waals surface area (Å²) in [5, 5.41) is 61.4. The number of unbranched alkanes of at least 4 members (excludes halogenated alkanes) is 2. The van der Waals surface area contributed by atoms with E-state index in [0.717, 1.165) is 0 Å². The summed E-state index contributed by atoms with van der Waals surface area (Å²) in [4.78, 5) is 75.2. The predicted octanol–water partition coefficient (Wildman–Crippen LogP) is 0.750. The number of carboxylic acids is 1. The van der Waals surface area contributed by atoms with Crippen molar-refractivity contribution in [3.63, 3.8) is 0 Å². The van der Waals surface area contributed by atoms with Crippen LogP contribution in [0.4, 0.5) is 0 Å². The van der Waals surface area contributed by atoms with Crippen molar-refractivity contribution in [2.75, 3.05) is 19.6 Å². The number of amides is 5. The summed E-state index contributed by atoms with van der Waals surface area (Å²) in [6.45, 7) is -0.0580. The topological polar surface area (TPSA) is 290 Å². The van der Waals surface area contributed by atoms with Gasteiger partial charge in [-0.25, -0.2) is 4.79 Å². The molecule has 0 fully saturated rings. The number of phenols is 4. The largest absolute Gasteiger partial charge is 0.504 e. The van der Waals surface area contributed by atoms with Crippen molar-refractivity contribution in [2.45, 2.75) is 63.1 Å². The van der Waals surface area contributed by atoms with Crippen LogP contribution in [0.5, 0.6) is 23.0 Å². The Morgan fingerprint density at radius 1 is 0.593 bits per heavy atom. The summed E-state index contributed by atoms with van der Waals surface area (Å²) in [5.41, 5.74) is 6.47. The van der Waals surface area contributed by atoms with Crippen molar-refractivity contribution in [3.05, 3.63) is 83.4 Å². The molecule has 0 radical (unpaired) electrons. The van der Waals surface area contributed by atoms with Crippen LogP contribution in [0.15, 0.2) is 66.7 Å². The van der Waals surface area contributed by atoms with Crippen molar-refractivity contribution in [2.24, 2.45) is 5.73 Å². The molecule has 0 saturated carbocycles. The molecular weight excluding hydrogens is 704 g/mol. The van der Waals surface area contributed by atoms with E-state index in [1.54, 1.807) is 30.3 Å². The van der Waals surface area contributed by atoms with Gasteiger partial charge >= 0.3 is 5.97 Å². The molecule has 0 aliphatic carbocycles. The van der Waals surface area contributed by atoms with Crippen LogP contribution in [0.2, 0.25) is 0 Å². The number of carbonyl (C=O) groups excluding carboxylic acids is 5. The van der Waals surface area contributed by atoms with E-state index in [1.807, 2.05) is 0 Å². The van der Waals surface area contributed by atoms with Gasteiger partial charge in [0.25, 0.3) is 11.8 Å². The van der Waals surface area contributed by atoms with Gasteiger partial charge in [0, 0.05) is 19.5 Å². The van der Waals surface area contributed by atoms with Gasteiger partial charge in [0.15, 0.2) is 23.0 Å². The fourth-order valence-corrected chi connectivity index (χ4v) is 5.24. The number of rotatable bonds is 21.